The third kappa shape index (κ3) is 6.26. The normalized spacial score (nSPS) is 13.5. The van der Waals surface area contributed by atoms with Crippen LogP contribution in [0.5, 0.6) is 5.75 Å². The Bertz CT molecular complexity index is 1270. The first-order valence-corrected chi connectivity index (χ1v) is 12.8. The van der Waals surface area contributed by atoms with Gasteiger partial charge in [0.2, 0.25) is 0 Å². The number of hydrogen-bond acceptors (Lipinski definition) is 5. The Labute approximate surface area is 213 Å². The molecule has 2 N–H and O–H groups in total. The van der Waals surface area contributed by atoms with Crippen LogP contribution in [0.4, 0.5) is 17.1 Å². The molecule has 9 heteroatoms. The maximum atomic E-state index is 13.0. The van der Waals surface area contributed by atoms with Gasteiger partial charge < -0.3 is 15.0 Å². The van der Waals surface area contributed by atoms with Crippen LogP contribution in [0.3, 0.4) is 0 Å². The highest BCUT2D eigenvalue weighted by atomic mass is 35.5. The maximum absolute atomic E-state index is 13.0. The number of sulfonamides is 1. The smallest absolute Gasteiger partial charge is 0.262 e. The number of nitrogens with one attached hydrogen (secondary N) is 2. The van der Waals surface area contributed by atoms with Crippen molar-refractivity contribution >= 4 is 45.4 Å². The van der Waals surface area contributed by atoms with E-state index in [1.807, 2.05) is 24.3 Å². The van der Waals surface area contributed by atoms with E-state index in [-0.39, 0.29) is 23.2 Å². The summed E-state index contributed by atoms with van der Waals surface area (Å²) in [5, 5.41) is 2.88. The van der Waals surface area contributed by atoms with Gasteiger partial charge in [0.1, 0.15) is 5.75 Å². The number of carbonyl (C=O) groups excluding carboxylic acids is 1. The van der Waals surface area contributed by atoms with Gasteiger partial charge in [-0.05, 0) is 80.3 Å². The van der Waals surface area contributed by atoms with Gasteiger partial charge in [-0.2, -0.15) is 0 Å². The van der Waals surface area contributed by atoms with Crippen molar-refractivity contribution < 1.29 is 17.9 Å². The Morgan fingerprint density at radius 1 is 0.943 bits per heavy atom. The lowest BCUT2D eigenvalue weighted by molar-refractivity contribution is 0.102. The second kappa shape index (κ2) is 11.5. The first-order chi connectivity index (χ1) is 16.4. The molecule has 0 radical (unpaired) electrons. The molecule has 1 heterocycles. The van der Waals surface area contributed by atoms with E-state index >= 15 is 0 Å². The van der Waals surface area contributed by atoms with Crippen LogP contribution < -0.4 is 19.7 Å². The topological polar surface area (TPSA) is 87.7 Å². The molecule has 186 valence electrons. The molecule has 1 fully saturated rings. The van der Waals surface area contributed by atoms with Crippen molar-refractivity contribution in [3.8, 4) is 5.75 Å². The molecule has 0 aliphatic carbocycles. The lowest BCUT2D eigenvalue weighted by Crippen LogP contribution is -2.29. The van der Waals surface area contributed by atoms with Crippen LogP contribution in [-0.2, 0) is 10.0 Å². The minimum atomic E-state index is -3.93. The van der Waals surface area contributed by atoms with Crippen molar-refractivity contribution in [3.05, 3.63) is 77.9 Å². The second-order valence-electron chi connectivity index (χ2n) is 8.33. The van der Waals surface area contributed by atoms with Crippen LogP contribution in [0, 0.1) is 6.92 Å². The number of amides is 1. The Morgan fingerprint density at radius 2 is 1.63 bits per heavy atom. The highest BCUT2D eigenvalue weighted by Crippen LogP contribution is 2.27. The molecule has 4 rings (SSSR count). The summed E-state index contributed by atoms with van der Waals surface area (Å²) in [4.78, 5) is 15.3. The number of ether oxygens (including phenoxy) is 1. The van der Waals surface area contributed by atoms with Crippen LogP contribution in [-0.4, -0.2) is 34.5 Å². The van der Waals surface area contributed by atoms with Crippen LogP contribution in [0.25, 0.3) is 0 Å². The molecule has 3 aromatic carbocycles. The quantitative estimate of drug-likeness (QED) is 0.435. The van der Waals surface area contributed by atoms with Gasteiger partial charge in [-0.1, -0.05) is 18.2 Å². The summed E-state index contributed by atoms with van der Waals surface area (Å²) in [6.45, 7) is 3.88. The average molecular weight is 516 g/mol. The Balaban J connectivity index is 0.00000342. The first kappa shape index (κ1) is 26.4. The van der Waals surface area contributed by atoms with E-state index in [2.05, 4.69) is 14.9 Å². The Morgan fingerprint density at radius 3 is 2.31 bits per heavy atom. The lowest BCUT2D eigenvalue weighted by atomic mass is 10.1. The molecule has 0 aromatic heterocycles. The van der Waals surface area contributed by atoms with Crippen LogP contribution in [0.1, 0.15) is 35.2 Å². The van der Waals surface area contributed by atoms with Crippen LogP contribution in [0.15, 0.2) is 71.6 Å². The van der Waals surface area contributed by atoms with Gasteiger partial charge in [0.05, 0.1) is 17.7 Å². The van der Waals surface area contributed by atoms with E-state index in [0.717, 1.165) is 18.8 Å². The predicted octanol–water partition coefficient (Wildman–Crippen LogP) is 5.47. The largest absolute Gasteiger partial charge is 0.495 e. The fourth-order valence-electron chi connectivity index (χ4n) is 4.05. The number of para-hydroxylation sites is 2. The van der Waals surface area contributed by atoms with Gasteiger partial charge in [0.15, 0.2) is 0 Å². The third-order valence-electron chi connectivity index (χ3n) is 5.96. The average Bonchev–Trinajstić information content (AvgIpc) is 2.85. The molecule has 0 unspecified atom stereocenters. The van der Waals surface area contributed by atoms with Crippen molar-refractivity contribution in [2.24, 2.45) is 0 Å². The van der Waals surface area contributed by atoms with E-state index in [0.29, 0.717) is 28.3 Å². The molecule has 35 heavy (non-hydrogen) atoms. The number of carbonyl (C=O) groups is 1. The highest BCUT2D eigenvalue weighted by Gasteiger charge is 2.20. The molecule has 1 saturated heterocycles. The van der Waals surface area contributed by atoms with Gasteiger partial charge in [-0.25, -0.2) is 8.42 Å². The molecule has 0 saturated carbocycles. The van der Waals surface area contributed by atoms with Crippen LogP contribution in [0.2, 0.25) is 0 Å². The number of piperidine rings is 1. The maximum Gasteiger partial charge on any atom is 0.262 e. The number of benzene rings is 3. The van der Waals surface area contributed by atoms with Gasteiger partial charge in [-0.15, -0.1) is 12.4 Å². The highest BCUT2D eigenvalue weighted by molar-refractivity contribution is 7.92. The Hall–Kier alpha value is -3.23. The molecule has 1 amide bonds. The first-order valence-electron chi connectivity index (χ1n) is 11.3. The van der Waals surface area contributed by atoms with E-state index in [1.165, 1.54) is 38.5 Å². The van der Waals surface area contributed by atoms with Crippen molar-refractivity contribution in [2.75, 3.05) is 35.1 Å². The molecule has 0 atom stereocenters. The molecular formula is C26H30ClN3O4S. The zero-order chi connectivity index (χ0) is 24.1. The number of nitrogens with zero attached hydrogens (tertiary/aromatic N) is 1. The summed E-state index contributed by atoms with van der Waals surface area (Å²) >= 11 is 0. The summed E-state index contributed by atoms with van der Waals surface area (Å²) in [5.41, 5.74) is 3.10. The summed E-state index contributed by atoms with van der Waals surface area (Å²) in [5.74, 6) is 0.0433. The minimum absolute atomic E-state index is 0. The second-order valence-corrected chi connectivity index (χ2v) is 10.0. The third-order valence-corrected chi connectivity index (χ3v) is 7.32. The van der Waals surface area contributed by atoms with Crippen LogP contribution >= 0.6 is 12.4 Å². The van der Waals surface area contributed by atoms with Crippen molar-refractivity contribution in [1.29, 1.82) is 0 Å². The standard InChI is InChI=1S/C26H29N3O4S.ClH/c1-19-10-15-22(34(31,32)28-24-8-4-5-9-25(24)33-2)18-23(19)26(30)27-20-11-13-21(14-12-20)29-16-6-3-7-17-29;/h4-5,8-15,18,28H,3,6-7,16-17H2,1-2H3,(H,27,30);1H. The monoisotopic (exact) mass is 515 g/mol. The fourth-order valence-corrected chi connectivity index (χ4v) is 5.15. The number of anilines is 3. The lowest BCUT2D eigenvalue weighted by Gasteiger charge is -2.28. The van der Waals surface area contributed by atoms with Crippen molar-refractivity contribution in [3.63, 3.8) is 0 Å². The van der Waals surface area contributed by atoms with Gasteiger partial charge in [0, 0.05) is 30.0 Å². The number of rotatable bonds is 7. The predicted molar refractivity (Wildman–Crippen MR) is 143 cm³/mol. The minimum Gasteiger partial charge on any atom is -0.495 e. The van der Waals surface area contributed by atoms with E-state index < -0.39 is 10.0 Å². The summed E-state index contributed by atoms with van der Waals surface area (Å²) in [6.07, 6.45) is 3.67. The molecule has 3 aromatic rings. The Kier molecular flexibility index (Phi) is 8.64. The van der Waals surface area contributed by atoms with Gasteiger partial charge in [-0.3, -0.25) is 9.52 Å². The van der Waals surface area contributed by atoms with E-state index in [9.17, 15) is 13.2 Å². The molecule has 7 nitrogen and oxygen atoms in total. The molecule has 1 aliphatic rings. The number of halogens is 1. The number of methoxy groups -OCH3 is 1. The molecular weight excluding hydrogens is 486 g/mol. The number of aryl methyl sites for hydroxylation is 1. The number of hydrogen-bond donors (Lipinski definition) is 2. The van der Waals surface area contributed by atoms with Crippen molar-refractivity contribution in [2.45, 2.75) is 31.1 Å². The molecule has 1 aliphatic heterocycles. The zero-order valence-corrected chi connectivity index (χ0v) is 21.4. The summed E-state index contributed by atoms with van der Waals surface area (Å²) in [7, 11) is -2.45. The molecule has 0 bridgehead atoms. The van der Waals surface area contributed by atoms with Gasteiger partial charge >= 0.3 is 0 Å². The molecule has 0 spiro atoms. The SMILES string of the molecule is COc1ccccc1NS(=O)(=O)c1ccc(C)c(C(=O)Nc2ccc(N3CCCCC3)cc2)c1.Cl. The zero-order valence-electron chi connectivity index (χ0n) is 19.8. The van der Waals surface area contributed by atoms with Gasteiger partial charge in [0.25, 0.3) is 15.9 Å². The summed E-state index contributed by atoms with van der Waals surface area (Å²) in [6, 6.07) is 19.0. The van der Waals surface area contributed by atoms with Crippen molar-refractivity contribution in [1.82, 2.24) is 0 Å². The van der Waals surface area contributed by atoms with E-state index in [1.54, 1.807) is 37.3 Å². The fraction of sp³-hybridized carbons (Fsp3) is 0.269. The van der Waals surface area contributed by atoms with E-state index in [4.69, 9.17) is 4.74 Å². The summed E-state index contributed by atoms with van der Waals surface area (Å²) < 4.78 is 33.8.